The first-order valence-corrected chi connectivity index (χ1v) is 46.3. The summed E-state index contributed by atoms with van der Waals surface area (Å²) in [5.74, 6) is -1.78. The molecule has 16 heteroatoms. The predicted octanol–water partition coefficient (Wildman–Crippen LogP) is 25.6. The Balaban J connectivity index is 1.57. The van der Waals surface area contributed by atoms with Crippen LogP contribution in [0.3, 0.4) is 0 Å². The van der Waals surface area contributed by atoms with Gasteiger partial charge in [-0.1, -0.05) is 319 Å². The molecule has 0 fully saturated rings. The third-order valence-corrected chi connectivity index (χ3v) is 24.0. The molecule has 0 unspecified atom stereocenters. The van der Waals surface area contributed by atoms with E-state index >= 15 is 0 Å². The first kappa shape index (κ1) is 101. The van der Waals surface area contributed by atoms with E-state index in [0.29, 0.717) is 89.0 Å². The lowest BCUT2D eigenvalue weighted by Crippen LogP contribution is -2.19. The number of rotatable bonds is 16. The molecule has 1 aliphatic rings. The molecule has 688 valence electrons. The third-order valence-electron chi connectivity index (χ3n) is 24.0. The van der Waals surface area contributed by atoms with E-state index < -0.39 is 91.1 Å². The van der Waals surface area contributed by atoms with E-state index in [0.717, 1.165) is 44.5 Å². The van der Waals surface area contributed by atoms with Crippen molar-refractivity contribution in [2.24, 2.45) is 0 Å². The van der Waals surface area contributed by atoms with Crippen LogP contribution in [-0.4, -0.2) is 47.8 Å². The van der Waals surface area contributed by atoms with E-state index in [1.54, 1.807) is 55.4 Å². The Hall–Kier alpha value is -10.5. The minimum Gasteiger partial charge on any atom is -0.426 e. The second-order valence-electron chi connectivity index (χ2n) is 43.0. The molecule has 0 amide bonds. The number of benzene rings is 8. The van der Waals surface area contributed by atoms with E-state index in [1.807, 2.05) is 0 Å². The Morgan fingerprint density at radius 2 is 0.234 bits per heavy atom. The molecule has 0 spiro atoms. The SMILES string of the molecule is CCC(=O)Oc1c2cc(C(C)(C)C)cc1Cc1cc(C(C)(C)C)cc(c1OC(=O)CC)Cc1cc(C(C)(C)C)cc(c1OC(=O)CC)Cc1cc(C(C)(C)C)cc(c1OC(=O)CC)Cc1cc(C(C)(C)C)cc(c1OC(=O)CC)Cc1cc(C(C)(C)C)cc(c1OC(=O)CC)Cc1cc(C(C)(C)C)cc(c1OC(=O)CC)Cc1cc(C(C)(C)C)cc(c1OC(=O)CC)C2. The molecule has 0 saturated heterocycles. The quantitative estimate of drug-likeness (QED) is 0.0650. The van der Waals surface area contributed by atoms with Crippen LogP contribution in [-0.2, 0) is 133 Å². The van der Waals surface area contributed by atoms with Gasteiger partial charge in [0.1, 0.15) is 46.0 Å². The fraction of sp³-hybridized carbons (Fsp3) is 0.500. The molecule has 0 saturated carbocycles. The molecule has 128 heavy (non-hydrogen) atoms. The molecular weight excluding hydrogens is 1600 g/mol. The predicted molar refractivity (Wildman–Crippen MR) is 511 cm³/mol. The highest BCUT2D eigenvalue weighted by atomic mass is 16.6. The van der Waals surface area contributed by atoms with Gasteiger partial charge >= 0.3 is 47.8 Å². The molecule has 0 radical (unpaired) electrons. The van der Waals surface area contributed by atoms with Gasteiger partial charge in [0.25, 0.3) is 0 Å². The normalized spacial score (nSPS) is 13.2. The number of hydrogen-bond donors (Lipinski definition) is 0. The summed E-state index contributed by atoms with van der Waals surface area (Å²) in [6.07, 6.45) is 0.631. The number of carbonyl (C=O) groups excluding carboxylic acids is 8. The molecule has 0 heterocycles. The van der Waals surface area contributed by atoms with Crippen molar-refractivity contribution in [1.29, 1.82) is 0 Å². The molecule has 0 aliphatic heterocycles. The fourth-order valence-corrected chi connectivity index (χ4v) is 15.8. The highest BCUT2D eigenvalue weighted by Gasteiger charge is 2.36. The van der Waals surface area contributed by atoms with Crippen LogP contribution in [0.15, 0.2) is 97.1 Å². The Morgan fingerprint density at radius 3 is 0.289 bits per heavy atom. The summed E-state index contributed by atoms with van der Waals surface area (Å²) in [5, 5.41) is 0. The minimum absolute atomic E-state index is 0.0148. The van der Waals surface area contributed by atoms with Crippen LogP contribution in [0.5, 0.6) is 46.0 Å². The van der Waals surface area contributed by atoms with Gasteiger partial charge in [0.05, 0.1) is 0 Å². The number of carbonyl (C=O) groups is 8. The number of fused-ring (bicyclic) bond motifs is 16. The molecule has 0 atom stereocenters. The summed E-state index contributed by atoms with van der Waals surface area (Å²) in [4.78, 5) is 117. The summed E-state index contributed by atoms with van der Waals surface area (Å²) >= 11 is 0. The molecular formula is C112H144O16. The van der Waals surface area contributed by atoms with Crippen molar-refractivity contribution in [3.63, 3.8) is 0 Å². The molecule has 9 rings (SSSR count). The maximum Gasteiger partial charge on any atom is 0.310 e. The van der Waals surface area contributed by atoms with Crippen molar-refractivity contribution < 1.29 is 76.3 Å². The lowest BCUT2D eigenvalue weighted by molar-refractivity contribution is -0.135. The van der Waals surface area contributed by atoms with Gasteiger partial charge < -0.3 is 37.9 Å². The lowest BCUT2D eigenvalue weighted by atomic mass is 9.79. The summed E-state index contributed by atoms with van der Waals surface area (Å²) in [6.45, 7) is 64.9. The Kier molecular flexibility index (Phi) is 31.5. The molecule has 0 N–H and O–H groups in total. The van der Waals surface area contributed by atoms with Crippen LogP contribution >= 0.6 is 0 Å². The molecule has 16 bridgehead atoms. The van der Waals surface area contributed by atoms with Gasteiger partial charge in [-0.3, -0.25) is 38.4 Å². The van der Waals surface area contributed by atoms with Gasteiger partial charge in [-0.25, -0.2) is 0 Å². The third kappa shape index (κ3) is 25.1. The highest BCUT2D eigenvalue weighted by molar-refractivity contribution is 5.80. The van der Waals surface area contributed by atoms with Crippen molar-refractivity contribution in [3.8, 4) is 46.0 Å². The fourth-order valence-electron chi connectivity index (χ4n) is 15.8. The zero-order valence-electron chi connectivity index (χ0n) is 83.1. The van der Waals surface area contributed by atoms with E-state index in [-0.39, 0.29) is 149 Å². The van der Waals surface area contributed by atoms with Crippen LogP contribution in [0.4, 0.5) is 0 Å². The van der Waals surface area contributed by atoms with E-state index in [4.69, 9.17) is 37.9 Å². The highest BCUT2D eigenvalue weighted by Crippen LogP contribution is 2.49. The smallest absolute Gasteiger partial charge is 0.310 e. The van der Waals surface area contributed by atoms with Gasteiger partial charge in [0, 0.05) is 192 Å². The first-order chi connectivity index (χ1) is 59.3. The van der Waals surface area contributed by atoms with Crippen LogP contribution in [0.25, 0.3) is 0 Å². The largest absolute Gasteiger partial charge is 0.426 e. The first-order valence-electron chi connectivity index (χ1n) is 46.3. The van der Waals surface area contributed by atoms with E-state index in [1.165, 1.54) is 0 Å². The van der Waals surface area contributed by atoms with Gasteiger partial charge in [0.2, 0.25) is 0 Å². The molecule has 8 aromatic rings. The Labute approximate surface area is 763 Å². The van der Waals surface area contributed by atoms with Crippen molar-refractivity contribution >= 4 is 47.8 Å². The van der Waals surface area contributed by atoms with Crippen LogP contribution in [0.1, 0.15) is 406 Å². The standard InChI is InChI=1S/C112H144O16/c1-33-89(113)121-97-65-41-67-51-82(106(12,13)14)53-69(98(67)122-90(114)34-2)43-71-55-84(108(18,19)20)57-73(100(71)124-92(116)36-4)45-75-59-86(110(24,25)26)61-77(102(75)126-94(118)38-6)47-79-63-88(112(30,31)32)64-80(104(79)128-96(120)40-8)48-78-62-87(111(27,28)29)60-76(103(78)127-95(119)39-7)46-74-58-85(109(21,22)23)56-72(101(74)125-93(117)37-5)44-70-54-83(107(15,16)17)52-68(99(70)123-91(115)35-3)42-66(97)50-81(49-65)105(9,10)11/h49-64H,33-48H2,1-32H3. The maximum absolute atomic E-state index is 14.6. The van der Waals surface area contributed by atoms with Crippen LogP contribution in [0.2, 0.25) is 0 Å². The Bertz CT molecular complexity index is 4350. The summed E-state index contributed by atoms with van der Waals surface area (Å²) in [7, 11) is 0. The number of esters is 8. The molecule has 0 aromatic heterocycles. The number of hydrogen-bond acceptors (Lipinski definition) is 16. The summed E-state index contributed by atoms with van der Waals surface area (Å²) in [6, 6.07) is 33.1. The average Bonchev–Trinajstić information content (AvgIpc) is 0.764. The Morgan fingerprint density at radius 1 is 0.164 bits per heavy atom. The van der Waals surface area contributed by atoms with Gasteiger partial charge in [-0.15, -0.1) is 0 Å². The maximum atomic E-state index is 14.6. The second-order valence-corrected chi connectivity index (χ2v) is 43.0. The van der Waals surface area contributed by atoms with Crippen LogP contribution in [0, 0.1) is 0 Å². The summed E-state index contributed by atoms with van der Waals surface area (Å²) in [5.41, 5.74) is 12.6. The summed E-state index contributed by atoms with van der Waals surface area (Å²) < 4.78 is 54.4. The van der Waals surface area contributed by atoms with Crippen molar-refractivity contribution in [1.82, 2.24) is 0 Å². The van der Waals surface area contributed by atoms with Gasteiger partial charge in [0.15, 0.2) is 0 Å². The molecule has 8 aromatic carbocycles. The van der Waals surface area contributed by atoms with Crippen molar-refractivity contribution in [2.45, 2.75) is 368 Å². The van der Waals surface area contributed by atoms with E-state index in [2.05, 4.69) is 263 Å². The molecule has 16 nitrogen and oxygen atoms in total. The minimum atomic E-state index is -0.541. The van der Waals surface area contributed by atoms with Crippen molar-refractivity contribution in [3.05, 3.63) is 231 Å². The zero-order valence-corrected chi connectivity index (χ0v) is 83.1. The monoisotopic (exact) mass is 1750 g/mol. The molecule has 1 aliphatic carbocycles. The lowest BCUT2D eigenvalue weighted by Gasteiger charge is -2.28. The van der Waals surface area contributed by atoms with Crippen LogP contribution < -0.4 is 37.9 Å². The average molecular weight is 1750 g/mol. The van der Waals surface area contributed by atoms with E-state index in [9.17, 15) is 38.4 Å². The van der Waals surface area contributed by atoms with Crippen molar-refractivity contribution in [2.75, 3.05) is 0 Å². The second kappa shape index (κ2) is 39.9. The van der Waals surface area contributed by atoms with Gasteiger partial charge in [-0.05, 0) is 87.8 Å². The topological polar surface area (TPSA) is 210 Å². The number of ether oxygens (including phenoxy) is 8. The zero-order chi connectivity index (χ0) is 95.4. The van der Waals surface area contributed by atoms with Gasteiger partial charge in [-0.2, -0.15) is 0 Å².